The molecule has 0 unspecified atom stereocenters. The third kappa shape index (κ3) is 4.62. The molecule has 0 atom stereocenters. The maximum absolute atomic E-state index is 11.9. The molecule has 5 nitrogen and oxygen atoms in total. The van der Waals surface area contributed by atoms with Crippen molar-refractivity contribution in [3.05, 3.63) is 65.1 Å². The highest BCUT2D eigenvalue weighted by Crippen LogP contribution is 2.20. The molecule has 2 aromatic heterocycles. The minimum Gasteiger partial charge on any atom is -0.424 e. The van der Waals surface area contributed by atoms with E-state index < -0.39 is 0 Å². The van der Waals surface area contributed by atoms with Crippen molar-refractivity contribution in [2.45, 2.75) is 12.8 Å². The summed E-state index contributed by atoms with van der Waals surface area (Å²) in [6, 6.07) is 11.2. The topological polar surface area (TPSA) is 64.1 Å². The van der Waals surface area contributed by atoms with Crippen molar-refractivity contribution in [2.75, 3.05) is 5.32 Å². The zero-order chi connectivity index (χ0) is 15.9. The predicted molar refractivity (Wildman–Crippen MR) is 89.8 cm³/mol. The summed E-state index contributed by atoms with van der Waals surface area (Å²) in [6.07, 6.45) is 4.45. The van der Waals surface area contributed by atoms with E-state index in [0.717, 1.165) is 12.1 Å². The van der Waals surface area contributed by atoms with Crippen molar-refractivity contribution < 1.29 is 9.53 Å². The van der Waals surface area contributed by atoms with Crippen molar-refractivity contribution in [3.8, 4) is 11.8 Å². The van der Waals surface area contributed by atoms with Gasteiger partial charge in [0, 0.05) is 24.5 Å². The Kier molecular flexibility index (Phi) is 4.95. The monoisotopic (exact) mass is 325 g/mol. The molecule has 0 radical (unpaired) electrons. The van der Waals surface area contributed by atoms with Gasteiger partial charge < -0.3 is 10.1 Å². The SMILES string of the molecule is O=C(CCc1ccsc1)Nc1ccc(Oc2ncccn2)cc1. The number of nitrogens with zero attached hydrogens (tertiary/aromatic N) is 2. The van der Waals surface area contributed by atoms with Crippen LogP contribution in [0, 0.1) is 0 Å². The first-order chi connectivity index (χ1) is 11.3. The third-order valence-corrected chi connectivity index (χ3v) is 3.84. The molecule has 3 aromatic rings. The van der Waals surface area contributed by atoms with Crippen LogP contribution < -0.4 is 10.1 Å². The molecule has 23 heavy (non-hydrogen) atoms. The summed E-state index contributed by atoms with van der Waals surface area (Å²) in [5.74, 6) is 0.615. The number of aromatic nitrogens is 2. The van der Waals surface area contributed by atoms with E-state index in [9.17, 15) is 4.79 Å². The van der Waals surface area contributed by atoms with Gasteiger partial charge in [0.1, 0.15) is 5.75 Å². The smallest absolute Gasteiger partial charge is 0.321 e. The molecular formula is C17H15N3O2S. The Bertz CT molecular complexity index is 743. The van der Waals surface area contributed by atoms with E-state index in [1.165, 1.54) is 5.56 Å². The van der Waals surface area contributed by atoms with Gasteiger partial charge in [-0.05, 0) is 59.1 Å². The number of amides is 1. The fraction of sp³-hybridized carbons (Fsp3) is 0.118. The maximum atomic E-state index is 11.9. The van der Waals surface area contributed by atoms with Crippen LogP contribution in [0.15, 0.2) is 59.6 Å². The van der Waals surface area contributed by atoms with Crippen molar-refractivity contribution in [2.24, 2.45) is 0 Å². The number of rotatable bonds is 6. The Morgan fingerprint density at radius 1 is 1.13 bits per heavy atom. The zero-order valence-corrected chi connectivity index (χ0v) is 13.1. The van der Waals surface area contributed by atoms with Crippen LogP contribution in [0.5, 0.6) is 11.8 Å². The molecule has 2 heterocycles. The van der Waals surface area contributed by atoms with E-state index >= 15 is 0 Å². The molecule has 1 amide bonds. The van der Waals surface area contributed by atoms with Crippen LogP contribution in [0.1, 0.15) is 12.0 Å². The normalized spacial score (nSPS) is 10.3. The number of benzene rings is 1. The van der Waals surface area contributed by atoms with Gasteiger partial charge in [-0.2, -0.15) is 11.3 Å². The predicted octanol–water partition coefficient (Wildman–Crippen LogP) is 3.90. The quantitative estimate of drug-likeness (QED) is 0.746. The van der Waals surface area contributed by atoms with Gasteiger partial charge in [0.25, 0.3) is 0 Å². The van der Waals surface area contributed by atoms with Gasteiger partial charge in [0.2, 0.25) is 5.91 Å². The Labute approximate surface area is 138 Å². The minimum atomic E-state index is -0.00346. The molecule has 0 bridgehead atoms. The number of ether oxygens (including phenoxy) is 1. The molecule has 0 aliphatic rings. The summed E-state index contributed by atoms with van der Waals surface area (Å²) in [5, 5.41) is 6.95. The highest BCUT2D eigenvalue weighted by atomic mass is 32.1. The summed E-state index contributed by atoms with van der Waals surface area (Å²) < 4.78 is 5.50. The lowest BCUT2D eigenvalue weighted by atomic mass is 10.2. The molecule has 6 heteroatoms. The lowest BCUT2D eigenvalue weighted by molar-refractivity contribution is -0.116. The zero-order valence-electron chi connectivity index (χ0n) is 12.3. The third-order valence-electron chi connectivity index (χ3n) is 3.11. The summed E-state index contributed by atoms with van der Waals surface area (Å²) in [7, 11) is 0. The number of carbonyl (C=O) groups excluding carboxylic acids is 1. The van der Waals surface area contributed by atoms with Crippen molar-refractivity contribution >= 4 is 22.9 Å². The van der Waals surface area contributed by atoms with Crippen LogP contribution in [-0.4, -0.2) is 15.9 Å². The number of hydrogen-bond acceptors (Lipinski definition) is 5. The standard InChI is InChI=1S/C17H15N3O2S/c21-16(7-2-13-8-11-23-12-13)20-14-3-5-15(6-4-14)22-17-18-9-1-10-19-17/h1,3-6,8-12H,2,7H2,(H,20,21). The summed E-state index contributed by atoms with van der Waals surface area (Å²) in [6.45, 7) is 0. The molecule has 0 fully saturated rings. The van der Waals surface area contributed by atoms with E-state index in [1.807, 2.05) is 11.4 Å². The van der Waals surface area contributed by atoms with E-state index in [1.54, 1.807) is 54.1 Å². The Morgan fingerprint density at radius 3 is 2.61 bits per heavy atom. The first-order valence-corrected chi connectivity index (χ1v) is 8.10. The molecule has 0 spiro atoms. The summed E-state index contributed by atoms with van der Waals surface area (Å²) in [5.41, 5.74) is 1.93. The van der Waals surface area contributed by atoms with E-state index in [4.69, 9.17) is 4.74 Å². The van der Waals surface area contributed by atoms with Gasteiger partial charge in [0.15, 0.2) is 0 Å². The lowest BCUT2D eigenvalue weighted by Gasteiger charge is -2.07. The van der Waals surface area contributed by atoms with Gasteiger partial charge in [-0.15, -0.1) is 0 Å². The molecule has 0 saturated heterocycles. The second kappa shape index (κ2) is 7.51. The van der Waals surface area contributed by atoms with Crippen molar-refractivity contribution in [1.29, 1.82) is 0 Å². The Hall–Kier alpha value is -2.73. The fourth-order valence-electron chi connectivity index (χ4n) is 1.97. The fourth-order valence-corrected chi connectivity index (χ4v) is 2.67. The molecule has 3 rings (SSSR count). The van der Waals surface area contributed by atoms with E-state index in [0.29, 0.717) is 18.2 Å². The van der Waals surface area contributed by atoms with Gasteiger partial charge in [0.05, 0.1) is 0 Å². The number of hydrogen-bond donors (Lipinski definition) is 1. The van der Waals surface area contributed by atoms with Crippen LogP contribution in [0.3, 0.4) is 0 Å². The average molecular weight is 325 g/mol. The second-order valence-corrected chi connectivity index (χ2v) is 5.62. The molecule has 0 aliphatic heterocycles. The number of anilines is 1. The number of carbonyl (C=O) groups is 1. The van der Waals surface area contributed by atoms with Gasteiger partial charge in [-0.3, -0.25) is 4.79 Å². The Balaban J connectivity index is 1.51. The molecule has 116 valence electrons. The molecular weight excluding hydrogens is 310 g/mol. The first kappa shape index (κ1) is 15.2. The van der Waals surface area contributed by atoms with E-state index in [2.05, 4.69) is 20.7 Å². The van der Waals surface area contributed by atoms with Crippen molar-refractivity contribution in [1.82, 2.24) is 9.97 Å². The van der Waals surface area contributed by atoms with Crippen LogP contribution in [0.4, 0.5) is 5.69 Å². The van der Waals surface area contributed by atoms with Gasteiger partial charge in [-0.1, -0.05) is 0 Å². The van der Waals surface area contributed by atoms with E-state index in [-0.39, 0.29) is 5.91 Å². The van der Waals surface area contributed by atoms with Gasteiger partial charge in [-0.25, -0.2) is 9.97 Å². The van der Waals surface area contributed by atoms with Crippen LogP contribution in [0.2, 0.25) is 0 Å². The second-order valence-electron chi connectivity index (χ2n) is 4.84. The molecule has 0 saturated carbocycles. The summed E-state index contributed by atoms with van der Waals surface area (Å²) in [4.78, 5) is 19.9. The average Bonchev–Trinajstić information content (AvgIpc) is 3.09. The minimum absolute atomic E-state index is 0.00346. The number of aryl methyl sites for hydroxylation is 1. The van der Waals surface area contributed by atoms with Crippen LogP contribution in [-0.2, 0) is 11.2 Å². The van der Waals surface area contributed by atoms with Crippen molar-refractivity contribution in [3.63, 3.8) is 0 Å². The highest BCUT2D eigenvalue weighted by Gasteiger charge is 2.04. The van der Waals surface area contributed by atoms with Gasteiger partial charge >= 0.3 is 6.01 Å². The largest absolute Gasteiger partial charge is 0.424 e. The molecule has 0 aliphatic carbocycles. The number of nitrogens with one attached hydrogen (secondary N) is 1. The van der Waals surface area contributed by atoms with Crippen LogP contribution >= 0.6 is 11.3 Å². The first-order valence-electron chi connectivity index (χ1n) is 7.15. The lowest BCUT2D eigenvalue weighted by Crippen LogP contribution is -2.12. The molecule has 1 aromatic carbocycles. The Morgan fingerprint density at radius 2 is 1.91 bits per heavy atom. The number of thiophene rings is 1. The molecule has 1 N–H and O–H groups in total. The summed E-state index contributed by atoms with van der Waals surface area (Å²) >= 11 is 1.64. The maximum Gasteiger partial charge on any atom is 0.321 e. The van der Waals surface area contributed by atoms with Crippen LogP contribution in [0.25, 0.3) is 0 Å². The highest BCUT2D eigenvalue weighted by molar-refractivity contribution is 7.07.